The first kappa shape index (κ1) is 17.7. The highest BCUT2D eigenvalue weighted by Gasteiger charge is 2.25. The van der Waals surface area contributed by atoms with Crippen LogP contribution < -0.4 is 5.32 Å². The minimum atomic E-state index is 0.0760. The van der Waals surface area contributed by atoms with Crippen LogP contribution in [0.4, 0.5) is 0 Å². The first-order valence-electron chi connectivity index (χ1n) is 8.37. The lowest BCUT2D eigenvalue weighted by atomic mass is 9.88. The standard InChI is InChI=1S/C19H30N4/c1-18(2,3)16-13-17(19(4,5)6)23(22-16)12-11-20-14-15-9-7-8-10-21-15/h7-10,13,20H,11-12,14H2,1-6H3. The zero-order chi connectivity index (χ0) is 17.1. The largest absolute Gasteiger partial charge is 0.309 e. The van der Waals surface area contributed by atoms with Crippen LogP contribution >= 0.6 is 0 Å². The average Bonchev–Trinajstić information content (AvgIpc) is 2.89. The molecule has 2 aromatic heterocycles. The summed E-state index contributed by atoms with van der Waals surface area (Å²) in [4.78, 5) is 4.33. The van der Waals surface area contributed by atoms with E-state index in [1.807, 2.05) is 24.4 Å². The first-order chi connectivity index (χ1) is 10.7. The summed E-state index contributed by atoms with van der Waals surface area (Å²) < 4.78 is 2.16. The van der Waals surface area contributed by atoms with E-state index in [0.717, 1.165) is 31.0 Å². The lowest BCUT2D eigenvalue weighted by Gasteiger charge is -2.20. The predicted molar refractivity (Wildman–Crippen MR) is 95.6 cm³/mol. The summed E-state index contributed by atoms with van der Waals surface area (Å²) in [5.41, 5.74) is 3.69. The van der Waals surface area contributed by atoms with Crippen LogP contribution in [0.15, 0.2) is 30.5 Å². The smallest absolute Gasteiger partial charge is 0.0681 e. The Balaban J connectivity index is 2.02. The zero-order valence-corrected chi connectivity index (χ0v) is 15.3. The van der Waals surface area contributed by atoms with Gasteiger partial charge in [-0.1, -0.05) is 47.6 Å². The van der Waals surface area contributed by atoms with Gasteiger partial charge in [-0.3, -0.25) is 9.67 Å². The molecule has 126 valence electrons. The van der Waals surface area contributed by atoms with Crippen molar-refractivity contribution in [1.29, 1.82) is 0 Å². The van der Waals surface area contributed by atoms with Crippen LogP contribution in [0, 0.1) is 0 Å². The zero-order valence-electron chi connectivity index (χ0n) is 15.3. The van der Waals surface area contributed by atoms with Gasteiger partial charge in [0.05, 0.1) is 17.9 Å². The van der Waals surface area contributed by atoms with E-state index in [-0.39, 0.29) is 10.8 Å². The van der Waals surface area contributed by atoms with E-state index in [4.69, 9.17) is 5.10 Å². The second-order valence-corrected chi connectivity index (χ2v) is 8.14. The molecule has 23 heavy (non-hydrogen) atoms. The van der Waals surface area contributed by atoms with Crippen molar-refractivity contribution in [1.82, 2.24) is 20.1 Å². The molecule has 0 saturated heterocycles. The lowest BCUT2D eigenvalue weighted by Crippen LogP contribution is -2.25. The third-order valence-corrected chi connectivity index (χ3v) is 3.85. The van der Waals surface area contributed by atoms with Crippen LogP contribution in [0.25, 0.3) is 0 Å². The Morgan fingerprint density at radius 2 is 1.78 bits per heavy atom. The number of nitrogens with one attached hydrogen (secondary N) is 1. The van der Waals surface area contributed by atoms with E-state index >= 15 is 0 Å². The summed E-state index contributed by atoms with van der Waals surface area (Å²) in [6.45, 7) is 15.9. The molecule has 0 unspecified atom stereocenters. The van der Waals surface area contributed by atoms with Crippen LogP contribution in [0.2, 0.25) is 0 Å². The van der Waals surface area contributed by atoms with Crippen molar-refractivity contribution < 1.29 is 0 Å². The molecule has 0 aromatic carbocycles. The molecule has 0 bridgehead atoms. The molecule has 1 N–H and O–H groups in total. The van der Waals surface area contributed by atoms with Crippen LogP contribution in [-0.4, -0.2) is 21.3 Å². The molecular weight excluding hydrogens is 284 g/mol. The van der Waals surface area contributed by atoms with Gasteiger partial charge in [0.2, 0.25) is 0 Å². The molecule has 0 aliphatic carbocycles. The Bertz CT molecular complexity index is 615. The molecule has 2 heterocycles. The monoisotopic (exact) mass is 314 g/mol. The van der Waals surface area contributed by atoms with Crippen molar-refractivity contribution in [2.75, 3.05) is 6.54 Å². The van der Waals surface area contributed by atoms with E-state index in [9.17, 15) is 0 Å². The third-order valence-electron chi connectivity index (χ3n) is 3.85. The number of hydrogen-bond acceptors (Lipinski definition) is 3. The Kier molecular flexibility index (Phi) is 5.25. The maximum absolute atomic E-state index is 4.85. The molecule has 2 aromatic rings. The van der Waals surface area contributed by atoms with E-state index in [2.05, 4.69) is 62.6 Å². The van der Waals surface area contributed by atoms with Crippen LogP contribution in [0.1, 0.15) is 58.6 Å². The molecule has 0 amide bonds. The van der Waals surface area contributed by atoms with Crippen LogP contribution in [0.3, 0.4) is 0 Å². The summed E-state index contributed by atoms with van der Waals surface area (Å²) in [5.74, 6) is 0. The van der Waals surface area contributed by atoms with Gasteiger partial charge in [0, 0.05) is 35.8 Å². The van der Waals surface area contributed by atoms with Crippen LogP contribution in [-0.2, 0) is 23.9 Å². The molecule has 0 atom stereocenters. The second kappa shape index (κ2) is 6.83. The number of pyridine rings is 1. The van der Waals surface area contributed by atoms with Gasteiger partial charge in [0.15, 0.2) is 0 Å². The molecule has 0 aliphatic heterocycles. The van der Waals surface area contributed by atoms with E-state index in [1.165, 1.54) is 5.69 Å². The quantitative estimate of drug-likeness (QED) is 0.856. The van der Waals surface area contributed by atoms with Gasteiger partial charge in [-0.05, 0) is 18.2 Å². The summed E-state index contributed by atoms with van der Waals surface area (Å²) in [6.07, 6.45) is 1.83. The Labute approximate surface area is 140 Å². The normalized spacial score (nSPS) is 12.6. The lowest BCUT2D eigenvalue weighted by molar-refractivity contribution is 0.462. The van der Waals surface area contributed by atoms with Gasteiger partial charge in [0.25, 0.3) is 0 Å². The maximum atomic E-state index is 4.85. The van der Waals surface area contributed by atoms with Gasteiger partial charge in [-0.25, -0.2) is 0 Å². The number of aromatic nitrogens is 3. The molecule has 0 saturated carbocycles. The number of rotatable bonds is 5. The van der Waals surface area contributed by atoms with E-state index in [0.29, 0.717) is 0 Å². The van der Waals surface area contributed by atoms with Gasteiger partial charge in [0.1, 0.15) is 0 Å². The maximum Gasteiger partial charge on any atom is 0.0681 e. The van der Waals surface area contributed by atoms with Crippen molar-refractivity contribution in [2.24, 2.45) is 0 Å². The second-order valence-electron chi connectivity index (χ2n) is 8.14. The fourth-order valence-corrected chi connectivity index (χ4v) is 2.46. The Morgan fingerprint density at radius 3 is 2.35 bits per heavy atom. The molecule has 0 fully saturated rings. The summed E-state index contributed by atoms with van der Waals surface area (Å²) in [7, 11) is 0. The molecule has 0 aliphatic rings. The highest BCUT2D eigenvalue weighted by Crippen LogP contribution is 2.28. The minimum absolute atomic E-state index is 0.0760. The molecule has 4 nitrogen and oxygen atoms in total. The average molecular weight is 314 g/mol. The fraction of sp³-hybridized carbons (Fsp3) is 0.579. The highest BCUT2D eigenvalue weighted by atomic mass is 15.3. The minimum Gasteiger partial charge on any atom is -0.309 e. The Hall–Kier alpha value is -1.68. The van der Waals surface area contributed by atoms with E-state index in [1.54, 1.807) is 0 Å². The van der Waals surface area contributed by atoms with Gasteiger partial charge < -0.3 is 5.32 Å². The predicted octanol–water partition coefficient (Wildman–Crippen LogP) is 3.66. The summed E-state index contributed by atoms with van der Waals surface area (Å²) >= 11 is 0. The van der Waals surface area contributed by atoms with Crippen molar-refractivity contribution >= 4 is 0 Å². The molecule has 0 spiro atoms. The summed E-state index contributed by atoms with van der Waals surface area (Å²) in [5, 5.41) is 8.31. The number of nitrogens with zero attached hydrogens (tertiary/aromatic N) is 3. The topological polar surface area (TPSA) is 42.7 Å². The SMILES string of the molecule is CC(C)(C)c1cc(C(C)(C)C)n(CCNCc2ccccn2)n1. The van der Waals surface area contributed by atoms with Crippen LogP contribution in [0.5, 0.6) is 0 Å². The van der Waals surface area contributed by atoms with Gasteiger partial charge >= 0.3 is 0 Å². The molecular formula is C19H30N4. The van der Waals surface area contributed by atoms with Crippen molar-refractivity contribution in [3.05, 3.63) is 47.5 Å². The Morgan fingerprint density at radius 1 is 1.04 bits per heavy atom. The van der Waals surface area contributed by atoms with Crippen molar-refractivity contribution in [2.45, 2.75) is 65.5 Å². The van der Waals surface area contributed by atoms with Gasteiger partial charge in [-0.15, -0.1) is 0 Å². The molecule has 2 rings (SSSR count). The fourth-order valence-electron chi connectivity index (χ4n) is 2.46. The summed E-state index contributed by atoms with van der Waals surface area (Å²) in [6, 6.07) is 8.26. The van der Waals surface area contributed by atoms with Gasteiger partial charge in [-0.2, -0.15) is 5.10 Å². The van der Waals surface area contributed by atoms with E-state index < -0.39 is 0 Å². The van der Waals surface area contributed by atoms with Crippen molar-refractivity contribution in [3.63, 3.8) is 0 Å². The molecule has 0 radical (unpaired) electrons. The molecule has 4 heteroatoms. The third kappa shape index (κ3) is 4.90. The van der Waals surface area contributed by atoms with Crippen molar-refractivity contribution in [3.8, 4) is 0 Å². The number of hydrogen-bond donors (Lipinski definition) is 1. The highest BCUT2D eigenvalue weighted by molar-refractivity contribution is 5.22. The first-order valence-corrected chi connectivity index (χ1v) is 8.37.